The maximum absolute atomic E-state index is 9.58. The number of phenolic OH excluding ortho intramolecular Hbond substituents is 2. The average Bonchev–Trinajstić information content (AvgIpc) is 2.02. The molecular weight excluding hydrogens is 178 g/mol. The summed E-state index contributed by atoms with van der Waals surface area (Å²) in [4.78, 5) is 0. The molecule has 76 valence electrons. The summed E-state index contributed by atoms with van der Waals surface area (Å²) in [7, 11) is 0. The molecular formula is C11H15NO2. The minimum atomic E-state index is -0.794. The SMILES string of the molecule is C=CC[C@@](C)(N)c1c(O)cccc1O. The van der Waals surface area contributed by atoms with E-state index in [1.807, 2.05) is 0 Å². The molecule has 4 N–H and O–H groups in total. The highest BCUT2D eigenvalue weighted by molar-refractivity contribution is 5.47. The van der Waals surface area contributed by atoms with Gasteiger partial charge in [-0.2, -0.15) is 0 Å². The number of rotatable bonds is 3. The van der Waals surface area contributed by atoms with Crippen molar-refractivity contribution in [3.8, 4) is 11.5 Å². The molecule has 0 radical (unpaired) electrons. The van der Waals surface area contributed by atoms with Gasteiger partial charge in [-0.15, -0.1) is 6.58 Å². The molecule has 0 aliphatic rings. The van der Waals surface area contributed by atoms with Gasteiger partial charge in [0.15, 0.2) is 0 Å². The Morgan fingerprint density at radius 1 is 1.43 bits per heavy atom. The summed E-state index contributed by atoms with van der Waals surface area (Å²) in [6.07, 6.45) is 2.14. The Bertz CT molecular complexity index is 325. The summed E-state index contributed by atoms with van der Waals surface area (Å²) in [5, 5.41) is 19.2. The van der Waals surface area contributed by atoms with Gasteiger partial charge in [-0.05, 0) is 25.5 Å². The Labute approximate surface area is 83.5 Å². The van der Waals surface area contributed by atoms with Crippen LogP contribution in [-0.2, 0) is 5.54 Å². The predicted molar refractivity (Wildman–Crippen MR) is 56.1 cm³/mol. The van der Waals surface area contributed by atoms with Crippen molar-refractivity contribution in [2.45, 2.75) is 18.9 Å². The lowest BCUT2D eigenvalue weighted by molar-refractivity contribution is 0.392. The quantitative estimate of drug-likeness (QED) is 0.642. The van der Waals surface area contributed by atoms with Gasteiger partial charge in [-0.3, -0.25) is 0 Å². The van der Waals surface area contributed by atoms with Crippen molar-refractivity contribution in [2.75, 3.05) is 0 Å². The van der Waals surface area contributed by atoms with E-state index in [2.05, 4.69) is 6.58 Å². The molecule has 0 amide bonds. The van der Waals surface area contributed by atoms with E-state index in [4.69, 9.17) is 5.73 Å². The monoisotopic (exact) mass is 193 g/mol. The van der Waals surface area contributed by atoms with Crippen LogP contribution in [0.1, 0.15) is 18.9 Å². The second-order valence-corrected chi connectivity index (χ2v) is 3.58. The fraction of sp³-hybridized carbons (Fsp3) is 0.273. The lowest BCUT2D eigenvalue weighted by atomic mass is 9.88. The number of hydrogen-bond donors (Lipinski definition) is 3. The molecule has 1 rings (SSSR count). The average molecular weight is 193 g/mol. The molecule has 0 aliphatic carbocycles. The highest BCUT2D eigenvalue weighted by Crippen LogP contribution is 2.36. The van der Waals surface area contributed by atoms with Crippen LogP contribution in [0.15, 0.2) is 30.9 Å². The molecule has 14 heavy (non-hydrogen) atoms. The molecule has 1 aromatic carbocycles. The number of aromatic hydroxyl groups is 2. The van der Waals surface area contributed by atoms with Gasteiger partial charge in [0, 0.05) is 5.54 Å². The highest BCUT2D eigenvalue weighted by Gasteiger charge is 2.26. The third kappa shape index (κ3) is 1.88. The van der Waals surface area contributed by atoms with Gasteiger partial charge in [0.1, 0.15) is 11.5 Å². The van der Waals surface area contributed by atoms with Crippen LogP contribution in [0.2, 0.25) is 0 Å². The summed E-state index contributed by atoms with van der Waals surface area (Å²) in [5.74, 6) is 0.0219. The molecule has 0 bridgehead atoms. The molecule has 3 nitrogen and oxygen atoms in total. The van der Waals surface area contributed by atoms with Gasteiger partial charge < -0.3 is 15.9 Å². The fourth-order valence-electron chi connectivity index (χ4n) is 1.52. The minimum absolute atomic E-state index is 0.0110. The summed E-state index contributed by atoms with van der Waals surface area (Å²) < 4.78 is 0. The maximum Gasteiger partial charge on any atom is 0.124 e. The van der Waals surface area contributed by atoms with Crippen molar-refractivity contribution in [1.29, 1.82) is 0 Å². The molecule has 3 heteroatoms. The molecule has 0 saturated carbocycles. The zero-order valence-corrected chi connectivity index (χ0v) is 8.20. The normalized spacial score (nSPS) is 14.7. The summed E-state index contributed by atoms with van der Waals surface area (Å²) in [6.45, 7) is 5.33. The topological polar surface area (TPSA) is 66.5 Å². The molecule has 0 spiro atoms. The smallest absolute Gasteiger partial charge is 0.124 e. The summed E-state index contributed by atoms with van der Waals surface area (Å²) >= 11 is 0. The fourth-order valence-corrected chi connectivity index (χ4v) is 1.52. The predicted octanol–water partition coefficient (Wildman–Crippen LogP) is 1.85. The third-order valence-electron chi connectivity index (χ3n) is 2.16. The van der Waals surface area contributed by atoms with Crippen LogP contribution in [-0.4, -0.2) is 10.2 Å². The molecule has 0 saturated heterocycles. The van der Waals surface area contributed by atoms with Gasteiger partial charge >= 0.3 is 0 Å². The maximum atomic E-state index is 9.58. The summed E-state index contributed by atoms with van der Waals surface area (Å²) in [6, 6.07) is 4.57. The second-order valence-electron chi connectivity index (χ2n) is 3.58. The van der Waals surface area contributed by atoms with E-state index in [9.17, 15) is 10.2 Å². The van der Waals surface area contributed by atoms with E-state index in [0.29, 0.717) is 12.0 Å². The van der Waals surface area contributed by atoms with E-state index in [1.165, 1.54) is 12.1 Å². The van der Waals surface area contributed by atoms with Crippen LogP contribution in [0.3, 0.4) is 0 Å². The van der Waals surface area contributed by atoms with Crippen LogP contribution in [0.25, 0.3) is 0 Å². The zero-order chi connectivity index (χ0) is 10.8. The Balaban J connectivity index is 3.23. The number of phenols is 2. The lowest BCUT2D eigenvalue weighted by Gasteiger charge is -2.25. The highest BCUT2D eigenvalue weighted by atomic mass is 16.3. The first kappa shape index (κ1) is 10.6. The van der Waals surface area contributed by atoms with Crippen LogP contribution < -0.4 is 5.73 Å². The molecule has 1 aromatic rings. The Morgan fingerprint density at radius 3 is 2.36 bits per heavy atom. The van der Waals surface area contributed by atoms with Crippen molar-refractivity contribution in [3.63, 3.8) is 0 Å². The molecule has 0 fully saturated rings. The molecule has 0 heterocycles. The van der Waals surface area contributed by atoms with E-state index in [0.717, 1.165) is 0 Å². The second kappa shape index (κ2) is 3.72. The van der Waals surface area contributed by atoms with Crippen molar-refractivity contribution in [1.82, 2.24) is 0 Å². The van der Waals surface area contributed by atoms with Crippen molar-refractivity contribution in [2.24, 2.45) is 5.73 Å². The first-order chi connectivity index (χ1) is 6.49. The Kier molecular flexibility index (Phi) is 2.81. The van der Waals surface area contributed by atoms with Gasteiger partial charge in [0.05, 0.1) is 5.56 Å². The van der Waals surface area contributed by atoms with E-state index in [1.54, 1.807) is 19.1 Å². The number of hydrogen-bond acceptors (Lipinski definition) is 3. The van der Waals surface area contributed by atoms with Crippen LogP contribution in [0, 0.1) is 0 Å². The van der Waals surface area contributed by atoms with Crippen LogP contribution in [0.4, 0.5) is 0 Å². The van der Waals surface area contributed by atoms with Gasteiger partial charge in [-0.1, -0.05) is 12.1 Å². The summed E-state index contributed by atoms with van der Waals surface area (Å²) in [5.41, 5.74) is 5.53. The third-order valence-corrected chi connectivity index (χ3v) is 2.16. The first-order valence-electron chi connectivity index (χ1n) is 4.40. The molecule has 0 aliphatic heterocycles. The van der Waals surface area contributed by atoms with E-state index in [-0.39, 0.29) is 11.5 Å². The van der Waals surface area contributed by atoms with Crippen molar-refractivity contribution in [3.05, 3.63) is 36.4 Å². The van der Waals surface area contributed by atoms with E-state index >= 15 is 0 Å². The van der Waals surface area contributed by atoms with Crippen LogP contribution in [0.5, 0.6) is 11.5 Å². The number of nitrogens with two attached hydrogens (primary N) is 1. The van der Waals surface area contributed by atoms with Gasteiger partial charge in [0.25, 0.3) is 0 Å². The first-order valence-corrected chi connectivity index (χ1v) is 4.40. The molecule has 0 unspecified atom stereocenters. The zero-order valence-electron chi connectivity index (χ0n) is 8.20. The van der Waals surface area contributed by atoms with Crippen molar-refractivity contribution >= 4 is 0 Å². The van der Waals surface area contributed by atoms with E-state index < -0.39 is 5.54 Å². The minimum Gasteiger partial charge on any atom is -0.507 e. The number of benzene rings is 1. The standard InChI is InChI=1S/C11H15NO2/c1-3-7-11(2,12)10-8(13)5-4-6-9(10)14/h3-6,13-14H,1,7,12H2,2H3/t11-/m1/s1. The largest absolute Gasteiger partial charge is 0.507 e. The van der Waals surface area contributed by atoms with Crippen molar-refractivity contribution < 1.29 is 10.2 Å². The van der Waals surface area contributed by atoms with Crippen LogP contribution >= 0.6 is 0 Å². The molecule has 0 aromatic heterocycles. The van der Waals surface area contributed by atoms with Gasteiger partial charge in [0.2, 0.25) is 0 Å². The Hall–Kier alpha value is -1.48. The molecule has 1 atom stereocenters. The Morgan fingerprint density at radius 2 is 1.93 bits per heavy atom. The lowest BCUT2D eigenvalue weighted by Crippen LogP contribution is -2.32. The van der Waals surface area contributed by atoms with Gasteiger partial charge in [-0.25, -0.2) is 0 Å².